The Hall–Kier alpha value is -2.46. The van der Waals surface area contributed by atoms with Gasteiger partial charge in [0.2, 0.25) is 0 Å². The molecule has 0 aliphatic heterocycles. The maximum absolute atomic E-state index is 13.2. The predicted molar refractivity (Wildman–Crippen MR) is 451 cm³/mol. The molecule has 0 radical (unpaired) electrons. The van der Waals surface area contributed by atoms with Gasteiger partial charge >= 0.3 is 39.5 Å². The smallest absolute Gasteiger partial charge is 0.462 e. The molecule has 0 heterocycles. The van der Waals surface area contributed by atoms with Gasteiger partial charge in [-0.05, 0) is 63.2 Å². The van der Waals surface area contributed by atoms with Crippen molar-refractivity contribution in [2.75, 3.05) is 39.6 Å². The lowest BCUT2D eigenvalue weighted by atomic mass is 9.99. The molecular weight excluding hydrogens is 1410 g/mol. The summed E-state index contributed by atoms with van der Waals surface area (Å²) >= 11 is 0. The quantitative estimate of drug-likeness (QED) is 0.0169. The molecule has 0 saturated carbocycles. The van der Waals surface area contributed by atoms with Crippen LogP contribution in [-0.4, -0.2) is 96.7 Å². The van der Waals surface area contributed by atoms with E-state index in [1.54, 1.807) is 0 Å². The minimum atomic E-state index is -4.97. The van der Waals surface area contributed by atoms with Gasteiger partial charge in [0.05, 0.1) is 26.4 Å². The van der Waals surface area contributed by atoms with E-state index in [-0.39, 0.29) is 25.7 Å². The minimum Gasteiger partial charge on any atom is -0.462 e. The number of carbonyl (C=O) groups excluding carboxylic acids is 4. The van der Waals surface area contributed by atoms with Crippen molar-refractivity contribution in [3.63, 3.8) is 0 Å². The molecule has 0 rings (SSSR count). The van der Waals surface area contributed by atoms with E-state index < -0.39 is 97.5 Å². The molecule has 4 unspecified atom stereocenters. The Morgan fingerprint density at radius 1 is 0.294 bits per heavy atom. The van der Waals surface area contributed by atoms with E-state index in [0.717, 1.165) is 121 Å². The molecule has 0 fully saturated rings. The normalized spacial score (nSPS) is 14.4. The van der Waals surface area contributed by atoms with E-state index in [4.69, 9.17) is 37.0 Å². The standard InChI is InChI=1S/C90H172O17P2/c1-7-11-13-15-17-19-21-23-25-26-27-28-29-30-34-38-41-45-49-53-60-66-72-87(92)100-78-85(106-89(94)74-69-63-55-51-47-43-39-35-32-31-33-37-40-44-48-52-58-64-70-82(5)9-3)80-104-108(96,97)102-76-84(91)77-103-109(98,99)105-81-86(79-101-88(93)73-67-61-57-56-59-65-71-83(6)10-4)107-90(95)75-68-62-54-50-46-42-36-24-22-20-18-16-14-12-8-2/h20,22,24,36,82-86,91H,7-19,21,23,25-35,37-81H2,1-6H3,(H,96,97)(H,98,99)/b22-20-,36-24-/t82?,83?,84-,85-,86-/m1/s1. The first kappa shape index (κ1) is 107. The average Bonchev–Trinajstić information content (AvgIpc) is 0.907. The summed E-state index contributed by atoms with van der Waals surface area (Å²) in [5.74, 6) is -0.535. The highest BCUT2D eigenvalue weighted by Gasteiger charge is 2.31. The second-order valence-corrected chi connectivity index (χ2v) is 35.0. The van der Waals surface area contributed by atoms with Crippen molar-refractivity contribution in [3.05, 3.63) is 24.3 Å². The van der Waals surface area contributed by atoms with Crippen molar-refractivity contribution in [3.8, 4) is 0 Å². The molecule has 0 aliphatic rings. The Bertz CT molecular complexity index is 2180. The van der Waals surface area contributed by atoms with Crippen LogP contribution >= 0.6 is 15.6 Å². The Morgan fingerprint density at radius 3 is 0.780 bits per heavy atom. The maximum atomic E-state index is 13.2. The fourth-order valence-corrected chi connectivity index (χ4v) is 15.1. The molecule has 17 nitrogen and oxygen atoms in total. The van der Waals surface area contributed by atoms with E-state index >= 15 is 0 Å². The number of carbonyl (C=O) groups is 4. The third kappa shape index (κ3) is 80.5. The van der Waals surface area contributed by atoms with Crippen molar-refractivity contribution < 1.29 is 80.2 Å². The predicted octanol–water partition coefficient (Wildman–Crippen LogP) is 27.3. The van der Waals surface area contributed by atoms with Crippen LogP contribution in [0.2, 0.25) is 0 Å². The first-order valence-electron chi connectivity index (χ1n) is 45.9. The van der Waals surface area contributed by atoms with Crippen LogP contribution in [0.1, 0.15) is 459 Å². The topological polar surface area (TPSA) is 237 Å². The Morgan fingerprint density at radius 2 is 0.514 bits per heavy atom. The molecule has 0 spiro atoms. The van der Waals surface area contributed by atoms with Crippen molar-refractivity contribution in [2.24, 2.45) is 11.8 Å². The van der Waals surface area contributed by atoms with Crippen molar-refractivity contribution in [1.82, 2.24) is 0 Å². The van der Waals surface area contributed by atoms with Crippen LogP contribution in [0.25, 0.3) is 0 Å². The molecule has 3 N–H and O–H groups in total. The highest BCUT2D eigenvalue weighted by atomic mass is 31.2. The molecule has 644 valence electrons. The number of hydrogen-bond acceptors (Lipinski definition) is 15. The summed E-state index contributed by atoms with van der Waals surface area (Å²) in [5, 5.41) is 10.7. The van der Waals surface area contributed by atoms with E-state index in [0.29, 0.717) is 25.7 Å². The summed E-state index contributed by atoms with van der Waals surface area (Å²) in [6, 6.07) is 0. The van der Waals surface area contributed by atoms with Gasteiger partial charge in [-0.25, -0.2) is 9.13 Å². The number of aliphatic hydroxyl groups excluding tert-OH is 1. The summed E-state index contributed by atoms with van der Waals surface area (Å²) < 4.78 is 68.9. The molecule has 0 saturated heterocycles. The van der Waals surface area contributed by atoms with Crippen LogP contribution in [0.5, 0.6) is 0 Å². The number of rotatable bonds is 87. The number of ether oxygens (including phenoxy) is 4. The number of esters is 4. The first-order valence-corrected chi connectivity index (χ1v) is 48.9. The SMILES string of the molecule is CCCCCC/C=C\C=C/CCCCCCCC(=O)O[C@H](COC(=O)CCCCCCCCC(C)CC)COP(=O)(O)OC[C@H](O)COP(=O)(O)OC[C@@H](COC(=O)CCCCCCCCCCCCCCCCCCCCCCCC)OC(=O)CCCCCCCCCCCCCCCCCCCCC(C)CC. The van der Waals surface area contributed by atoms with Gasteiger partial charge in [-0.2, -0.15) is 0 Å². The zero-order valence-corrected chi connectivity index (χ0v) is 73.1. The third-order valence-corrected chi connectivity index (χ3v) is 23.2. The molecule has 0 aliphatic carbocycles. The van der Waals surface area contributed by atoms with E-state index in [1.807, 2.05) is 0 Å². The molecule has 109 heavy (non-hydrogen) atoms. The van der Waals surface area contributed by atoms with Gasteiger partial charge in [0, 0.05) is 25.7 Å². The van der Waals surface area contributed by atoms with E-state index in [2.05, 4.69) is 65.8 Å². The monoisotopic (exact) mass is 1590 g/mol. The first-order chi connectivity index (χ1) is 52.9. The highest BCUT2D eigenvalue weighted by Crippen LogP contribution is 2.45. The Balaban J connectivity index is 5.24. The summed E-state index contributed by atoms with van der Waals surface area (Å²) in [7, 11) is -9.94. The number of aliphatic hydroxyl groups is 1. The van der Waals surface area contributed by atoms with Crippen LogP contribution in [0.15, 0.2) is 24.3 Å². The zero-order chi connectivity index (χ0) is 79.9. The molecule has 7 atom stereocenters. The van der Waals surface area contributed by atoms with Gasteiger partial charge in [-0.1, -0.05) is 406 Å². The van der Waals surface area contributed by atoms with Gasteiger partial charge < -0.3 is 33.8 Å². The second kappa shape index (κ2) is 80.7. The van der Waals surface area contributed by atoms with Crippen LogP contribution in [0, 0.1) is 11.8 Å². The second-order valence-electron chi connectivity index (χ2n) is 32.1. The molecular formula is C90H172O17P2. The van der Waals surface area contributed by atoms with Crippen molar-refractivity contribution >= 4 is 39.5 Å². The van der Waals surface area contributed by atoms with Crippen LogP contribution in [-0.2, 0) is 65.4 Å². The molecule has 0 amide bonds. The van der Waals surface area contributed by atoms with E-state index in [9.17, 15) is 43.2 Å². The third-order valence-electron chi connectivity index (χ3n) is 21.3. The Labute approximate surface area is 669 Å². The van der Waals surface area contributed by atoms with Gasteiger partial charge in [-0.3, -0.25) is 37.3 Å². The summed E-state index contributed by atoms with van der Waals surface area (Å²) in [4.78, 5) is 73.3. The maximum Gasteiger partial charge on any atom is 0.472 e. The number of hydrogen-bond donors (Lipinski definition) is 3. The molecule has 0 aromatic rings. The summed E-state index contributed by atoms with van der Waals surface area (Å²) in [6.07, 6.45) is 77.4. The van der Waals surface area contributed by atoms with Crippen molar-refractivity contribution in [2.45, 2.75) is 477 Å². The molecule has 0 aromatic heterocycles. The van der Waals surface area contributed by atoms with Gasteiger partial charge in [0.15, 0.2) is 12.2 Å². The molecule has 0 aromatic carbocycles. The Kier molecular flexibility index (Phi) is 78.9. The molecule has 0 bridgehead atoms. The van der Waals surface area contributed by atoms with Gasteiger partial charge in [0.1, 0.15) is 19.3 Å². The van der Waals surface area contributed by atoms with Gasteiger partial charge in [0.25, 0.3) is 0 Å². The number of phosphoric acid groups is 2. The van der Waals surface area contributed by atoms with Crippen LogP contribution in [0.3, 0.4) is 0 Å². The number of unbranched alkanes of at least 4 members (excludes halogenated alkanes) is 52. The minimum absolute atomic E-state index is 0.0845. The highest BCUT2D eigenvalue weighted by molar-refractivity contribution is 7.47. The lowest BCUT2D eigenvalue weighted by molar-refractivity contribution is -0.161. The lowest BCUT2D eigenvalue weighted by Crippen LogP contribution is -2.30. The van der Waals surface area contributed by atoms with Gasteiger partial charge in [-0.15, -0.1) is 0 Å². The zero-order valence-electron chi connectivity index (χ0n) is 71.4. The number of allylic oxidation sites excluding steroid dienone is 4. The van der Waals surface area contributed by atoms with Crippen LogP contribution in [0.4, 0.5) is 0 Å². The average molecular weight is 1590 g/mol. The summed E-state index contributed by atoms with van der Waals surface area (Å²) in [5.41, 5.74) is 0. The number of phosphoric ester groups is 2. The lowest BCUT2D eigenvalue weighted by Gasteiger charge is -2.21. The van der Waals surface area contributed by atoms with Crippen LogP contribution < -0.4 is 0 Å². The summed E-state index contributed by atoms with van der Waals surface area (Å²) in [6.45, 7) is 9.64. The van der Waals surface area contributed by atoms with Crippen molar-refractivity contribution in [1.29, 1.82) is 0 Å². The molecule has 19 heteroatoms. The van der Waals surface area contributed by atoms with E-state index in [1.165, 1.54) is 257 Å². The fourth-order valence-electron chi connectivity index (χ4n) is 13.5. The largest absolute Gasteiger partial charge is 0.472 e. The fraction of sp³-hybridized carbons (Fsp3) is 0.911.